The van der Waals surface area contributed by atoms with Crippen LogP contribution in [0.4, 0.5) is 9.18 Å². The van der Waals surface area contributed by atoms with Crippen LogP contribution in [-0.4, -0.2) is 23.5 Å². The molecular formula is C16H21ClFNO3. The molecule has 1 atom stereocenters. The Morgan fingerprint density at radius 3 is 2.55 bits per heavy atom. The molecule has 4 nitrogen and oxygen atoms in total. The molecule has 0 bridgehead atoms. The van der Waals surface area contributed by atoms with Gasteiger partial charge in [0.05, 0.1) is 11.1 Å². The van der Waals surface area contributed by atoms with Crippen LogP contribution in [0, 0.1) is 5.82 Å². The molecular weight excluding hydrogens is 309 g/mol. The Kier molecular flexibility index (Phi) is 6.35. The first-order valence-electron chi connectivity index (χ1n) is 7.13. The molecule has 1 rings (SSSR count). The van der Waals surface area contributed by atoms with E-state index in [1.54, 1.807) is 20.8 Å². The van der Waals surface area contributed by atoms with Crippen LogP contribution in [0.1, 0.15) is 50.9 Å². The summed E-state index contributed by atoms with van der Waals surface area (Å²) < 4.78 is 18.6. The van der Waals surface area contributed by atoms with E-state index >= 15 is 0 Å². The lowest BCUT2D eigenvalue weighted by atomic mass is 10.0. The van der Waals surface area contributed by atoms with E-state index in [4.69, 9.17) is 16.3 Å². The zero-order valence-electron chi connectivity index (χ0n) is 13.2. The summed E-state index contributed by atoms with van der Waals surface area (Å²) in [7, 11) is 0. The SMILES string of the molecule is CCCC(NC(=O)OC(C)(C)C)C(=O)c1cccc(F)c1Cl. The molecule has 0 saturated carbocycles. The lowest BCUT2D eigenvalue weighted by Gasteiger charge is -2.23. The molecule has 0 heterocycles. The minimum atomic E-state index is -0.806. The minimum absolute atomic E-state index is 0.0520. The van der Waals surface area contributed by atoms with Gasteiger partial charge in [-0.2, -0.15) is 0 Å². The number of nitrogens with one attached hydrogen (secondary N) is 1. The Hall–Kier alpha value is -1.62. The molecule has 0 saturated heterocycles. The van der Waals surface area contributed by atoms with Crippen LogP contribution in [0.15, 0.2) is 18.2 Å². The summed E-state index contributed by atoms with van der Waals surface area (Å²) in [6.45, 7) is 7.07. The van der Waals surface area contributed by atoms with Crippen LogP contribution in [-0.2, 0) is 4.74 Å². The maximum atomic E-state index is 13.5. The normalized spacial score (nSPS) is 12.6. The first-order valence-corrected chi connectivity index (χ1v) is 7.51. The molecule has 1 aromatic carbocycles. The quantitative estimate of drug-likeness (QED) is 0.817. The Morgan fingerprint density at radius 2 is 2.00 bits per heavy atom. The first-order chi connectivity index (χ1) is 10.2. The number of benzene rings is 1. The van der Waals surface area contributed by atoms with Crippen LogP contribution >= 0.6 is 11.6 Å². The lowest BCUT2D eigenvalue weighted by Crippen LogP contribution is -2.43. The van der Waals surface area contributed by atoms with Gasteiger partial charge in [-0.1, -0.05) is 31.0 Å². The van der Waals surface area contributed by atoms with Gasteiger partial charge in [-0.15, -0.1) is 0 Å². The third-order valence-corrected chi connectivity index (χ3v) is 3.19. The third kappa shape index (κ3) is 5.30. The van der Waals surface area contributed by atoms with E-state index in [0.717, 1.165) is 0 Å². The number of ether oxygens (including phenoxy) is 1. The second-order valence-electron chi connectivity index (χ2n) is 5.95. The van der Waals surface area contributed by atoms with Crippen LogP contribution < -0.4 is 5.32 Å². The van der Waals surface area contributed by atoms with Gasteiger partial charge in [0.15, 0.2) is 5.78 Å². The first kappa shape index (κ1) is 18.4. The highest BCUT2D eigenvalue weighted by molar-refractivity contribution is 6.34. The zero-order valence-corrected chi connectivity index (χ0v) is 14.0. The van der Waals surface area contributed by atoms with Gasteiger partial charge in [-0.25, -0.2) is 9.18 Å². The Labute approximate surface area is 135 Å². The van der Waals surface area contributed by atoms with Gasteiger partial charge in [0.1, 0.15) is 11.4 Å². The van der Waals surface area contributed by atoms with Crippen molar-refractivity contribution in [3.8, 4) is 0 Å². The fraction of sp³-hybridized carbons (Fsp3) is 0.500. The topological polar surface area (TPSA) is 55.4 Å². The van der Waals surface area contributed by atoms with E-state index < -0.39 is 29.3 Å². The van der Waals surface area contributed by atoms with Gasteiger partial charge in [-0.3, -0.25) is 4.79 Å². The van der Waals surface area contributed by atoms with Crippen LogP contribution in [0.3, 0.4) is 0 Å². The number of hydrogen-bond donors (Lipinski definition) is 1. The van der Waals surface area contributed by atoms with Crippen molar-refractivity contribution in [3.05, 3.63) is 34.6 Å². The van der Waals surface area contributed by atoms with Gasteiger partial charge in [0, 0.05) is 5.56 Å². The van der Waals surface area contributed by atoms with Gasteiger partial charge in [0.25, 0.3) is 0 Å². The molecule has 0 fully saturated rings. The Bertz CT molecular complexity index is 555. The maximum Gasteiger partial charge on any atom is 0.408 e. The number of rotatable bonds is 5. The van der Waals surface area contributed by atoms with E-state index in [-0.39, 0.29) is 10.6 Å². The zero-order chi connectivity index (χ0) is 16.9. The second kappa shape index (κ2) is 7.58. The van der Waals surface area contributed by atoms with E-state index in [0.29, 0.717) is 12.8 Å². The summed E-state index contributed by atoms with van der Waals surface area (Å²) in [6.07, 6.45) is 0.385. The van der Waals surface area contributed by atoms with Gasteiger partial charge < -0.3 is 10.1 Å². The Morgan fingerprint density at radius 1 is 1.36 bits per heavy atom. The minimum Gasteiger partial charge on any atom is -0.444 e. The van der Waals surface area contributed by atoms with Crippen molar-refractivity contribution in [2.45, 2.75) is 52.2 Å². The van der Waals surface area contributed by atoms with Crippen LogP contribution in [0.25, 0.3) is 0 Å². The van der Waals surface area contributed by atoms with Crippen molar-refractivity contribution in [3.63, 3.8) is 0 Å². The number of carbonyl (C=O) groups is 2. The average Bonchev–Trinajstić information content (AvgIpc) is 2.38. The highest BCUT2D eigenvalue weighted by Crippen LogP contribution is 2.22. The highest BCUT2D eigenvalue weighted by Gasteiger charge is 2.26. The van der Waals surface area contributed by atoms with E-state index in [1.165, 1.54) is 18.2 Å². The van der Waals surface area contributed by atoms with Crippen molar-refractivity contribution in [1.29, 1.82) is 0 Å². The molecule has 0 spiro atoms. The van der Waals surface area contributed by atoms with Gasteiger partial charge in [-0.05, 0) is 39.3 Å². The summed E-state index contributed by atoms with van der Waals surface area (Å²) in [5.74, 6) is -1.10. The molecule has 22 heavy (non-hydrogen) atoms. The maximum absolute atomic E-state index is 13.5. The molecule has 0 aliphatic rings. The van der Waals surface area contributed by atoms with Crippen molar-refractivity contribution in [2.24, 2.45) is 0 Å². The second-order valence-corrected chi connectivity index (χ2v) is 6.33. The number of alkyl carbamates (subject to hydrolysis) is 1. The summed E-state index contributed by atoms with van der Waals surface area (Å²) in [4.78, 5) is 24.3. The van der Waals surface area contributed by atoms with Crippen molar-refractivity contribution in [2.75, 3.05) is 0 Å². The predicted molar refractivity (Wildman–Crippen MR) is 83.8 cm³/mol. The number of amides is 1. The summed E-state index contributed by atoms with van der Waals surface area (Å²) in [5, 5.41) is 2.29. The molecule has 1 unspecified atom stereocenters. The number of halogens is 2. The standard InChI is InChI=1S/C16H21ClFNO3/c1-5-7-12(19-15(21)22-16(2,3)4)14(20)10-8-6-9-11(18)13(10)17/h6,8-9,12H,5,7H2,1-4H3,(H,19,21). The number of carbonyl (C=O) groups excluding carboxylic acids is 2. The molecule has 0 aliphatic heterocycles. The average molecular weight is 330 g/mol. The summed E-state index contributed by atoms with van der Waals surface area (Å²) >= 11 is 5.84. The largest absolute Gasteiger partial charge is 0.444 e. The highest BCUT2D eigenvalue weighted by atomic mass is 35.5. The smallest absolute Gasteiger partial charge is 0.408 e. The molecule has 0 aliphatic carbocycles. The fourth-order valence-corrected chi connectivity index (χ4v) is 2.11. The van der Waals surface area contributed by atoms with Crippen LogP contribution in [0.5, 0.6) is 0 Å². The molecule has 1 aromatic rings. The monoisotopic (exact) mass is 329 g/mol. The lowest BCUT2D eigenvalue weighted by molar-refractivity contribution is 0.0488. The molecule has 1 amide bonds. The van der Waals surface area contributed by atoms with E-state index in [2.05, 4.69) is 5.32 Å². The van der Waals surface area contributed by atoms with Gasteiger partial charge >= 0.3 is 6.09 Å². The molecule has 0 aromatic heterocycles. The fourth-order valence-electron chi connectivity index (χ4n) is 1.89. The van der Waals surface area contributed by atoms with Crippen molar-refractivity contribution in [1.82, 2.24) is 5.32 Å². The summed E-state index contributed by atoms with van der Waals surface area (Å²) in [6, 6.07) is 3.21. The number of hydrogen-bond acceptors (Lipinski definition) is 3. The van der Waals surface area contributed by atoms with E-state index in [1.807, 2.05) is 6.92 Å². The van der Waals surface area contributed by atoms with Crippen molar-refractivity contribution >= 4 is 23.5 Å². The number of Topliss-reactive ketones (excluding diaryl/α,β-unsaturated/α-hetero) is 1. The molecule has 6 heteroatoms. The molecule has 0 radical (unpaired) electrons. The number of ketones is 1. The molecule has 1 N–H and O–H groups in total. The Balaban J connectivity index is 2.93. The van der Waals surface area contributed by atoms with E-state index in [9.17, 15) is 14.0 Å². The van der Waals surface area contributed by atoms with Crippen LogP contribution in [0.2, 0.25) is 5.02 Å². The van der Waals surface area contributed by atoms with Crippen molar-refractivity contribution < 1.29 is 18.7 Å². The van der Waals surface area contributed by atoms with Gasteiger partial charge in [0.2, 0.25) is 0 Å². The predicted octanol–water partition coefficient (Wildman–Crippen LogP) is 4.36. The molecule has 122 valence electrons. The third-order valence-electron chi connectivity index (χ3n) is 2.80. The summed E-state index contributed by atoms with van der Waals surface area (Å²) in [5.41, 5.74) is -0.614.